The first-order valence-electron chi connectivity index (χ1n) is 7.37. The van der Waals surface area contributed by atoms with Crippen molar-refractivity contribution in [1.29, 1.82) is 0 Å². The number of benzene rings is 1. The van der Waals surface area contributed by atoms with Crippen LogP contribution in [0.15, 0.2) is 34.5 Å². The van der Waals surface area contributed by atoms with Gasteiger partial charge in [0, 0.05) is 18.9 Å². The number of rotatable bonds is 6. The molecule has 5 nitrogen and oxygen atoms in total. The van der Waals surface area contributed by atoms with E-state index in [1.807, 2.05) is 28.8 Å². The standard InChI is InChI=1S/C16H21N3O2/c1-3-4-5-8-11-19-14-10-7-6-9-13(14)15(16(19)21)18-17-12(2)20/h6-7,9-10,21H,3-5,8,11H2,1-2H3. The van der Waals surface area contributed by atoms with Gasteiger partial charge in [-0.2, -0.15) is 0 Å². The quantitative estimate of drug-likeness (QED) is 0.625. The monoisotopic (exact) mass is 287 g/mol. The highest BCUT2D eigenvalue weighted by atomic mass is 16.3. The molecular weight excluding hydrogens is 266 g/mol. The minimum Gasteiger partial charge on any atom is -0.493 e. The number of para-hydroxylation sites is 1. The number of carbonyl (C=O) groups excluding carboxylic acids is 1. The highest BCUT2D eigenvalue weighted by Gasteiger charge is 2.15. The molecule has 21 heavy (non-hydrogen) atoms. The van der Waals surface area contributed by atoms with E-state index in [2.05, 4.69) is 17.2 Å². The molecule has 0 fully saturated rings. The number of aromatic hydroxyl groups is 1. The Labute approximate surface area is 124 Å². The molecule has 112 valence electrons. The molecule has 5 heteroatoms. The van der Waals surface area contributed by atoms with E-state index in [4.69, 9.17) is 0 Å². The van der Waals surface area contributed by atoms with E-state index in [0.717, 1.165) is 30.3 Å². The van der Waals surface area contributed by atoms with E-state index in [1.165, 1.54) is 19.8 Å². The molecule has 2 rings (SSSR count). The number of aromatic nitrogens is 1. The Kier molecular flexibility index (Phi) is 5.09. The number of aryl methyl sites for hydroxylation is 1. The molecule has 0 spiro atoms. The van der Waals surface area contributed by atoms with Gasteiger partial charge in [-0.1, -0.05) is 44.4 Å². The van der Waals surface area contributed by atoms with Crippen molar-refractivity contribution in [3.63, 3.8) is 0 Å². The maximum atomic E-state index is 11.0. The van der Waals surface area contributed by atoms with Crippen LogP contribution in [0, 0.1) is 0 Å². The topological polar surface area (TPSA) is 66.9 Å². The highest BCUT2D eigenvalue weighted by molar-refractivity contribution is 5.95. The van der Waals surface area contributed by atoms with Crippen LogP contribution >= 0.6 is 0 Å². The van der Waals surface area contributed by atoms with Gasteiger partial charge in [0.2, 0.25) is 5.88 Å². The van der Waals surface area contributed by atoms with Crippen molar-refractivity contribution >= 4 is 22.5 Å². The van der Waals surface area contributed by atoms with Crippen molar-refractivity contribution in [2.24, 2.45) is 10.2 Å². The highest BCUT2D eigenvalue weighted by Crippen LogP contribution is 2.38. The third-order valence-electron chi connectivity index (χ3n) is 3.44. The third-order valence-corrected chi connectivity index (χ3v) is 3.44. The average molecular weight is 287 g/mol. The first-order valence-corrected chi connectivity index (χ1v) is 7.37. The fourth-order valence-corrected chi connectivity index (χ4v) is 2.41. The summed E-state index contributed by atoms with van der Waals surface area (Å²) in [5, 5.41) is 18.6. The van der Waals surface area contributed by atoms with Gasteiger partial charge in [0.15, 0.2) is 5.69 Å². The van der Waals surface area contributed by atoms with E-state index in [9.17, 15) is 9.90 Å². The summed E-state index contributed by atoms with van der Waals surface area (Å²) in [5.74, 6) is -0.299. The van der Waals surface area contributed by atoms with Crippen LogP contribution in [0.4, 0.5) is 5.69 Å². The van der Waals surface area contributed by atoms with Gasteiger partial charge in [-0.25, -0.2) is 0 Å². The second kappa shape index (κ2) is 7.02. The zero-order chi connectivity index (χ0) is 15.2. The van der Waals surface area contributed by atoms with Crippen molar-refractivity contribution in [1.82, 2.24) is 4.57 Å². The summed E-state index contributed by atoms with van der Waals surface area (Å²) in [4.78, 5) is 11.0. The van der Waals surface area contributed by atoms with Crippen molar-refractivity contribution in [2.45, 2.75) is 46.1 Å². The zero-order valence-corrected chi connectivity index (χ0v) is 12.5. The maximum absolute atomic E-state index is 11.0. The van der Waals surface area contributed by atoms with Crippen LogP contribution in [-0.2, 0) is 11.3 Å². The minimum absolute atomic E-state index is 0.0812. The van der Waals surface area contributed by atoms with E-state index in [-0.39, 0.29) is 11.8 Å². The minimum atomic E-state index is -0.380. The summed E-state index contributed by atoms with van der Waals surface area (Å²) >= 11 is 0. The SMILES string of the molecule is CCCCCCn1c(O)c(N=NC(C)=O)c2ccccc21. The fourth-order valence-electron chi connectivity index (χ4n) is 2.41. The van der Waals surface area contributed by atoms with Crippen molar-refractivity contribution < 1.29 is 9.90 Å². The predicted octanol–water partition coefficient (Wildman–Crippen LogP) is 4.56. The Balaban J connectivity index is 2.36. The first kappa shape index (κ1) is 15.2. The molecule has 1 aromatic heterocycles. The van der Waals surface area contributed by atoms with Crippen LogP contribution in [0.25, 0.3) is 10.9 Å². The first-order chi connectivity index (χ1) is 10.1. The molecular formula is C16H21N3O2. The maximum Gasteiger partial charge on any atom is 0.261 e. The van der Waals surface area contributed by atoms with Gasteiger partial charge in [-0.15, -0.1) is 10.2 Å². The smallest absolute Gasteiger partial charge is 0.261 e. The summed E-state index contributed by atoms with van der Waals surface area (Å²) < 4.78 is 1.85. The zero-order valence-electron chi connectivity index (χ0n) is 12.5. The number of amides is 1. The van der Waals surface area contributed by atoms with Crippen molar-refractivity contribution in [3.05, 3.63) is 24.3 Å². The van der Waals surface area contributed by atoms with Crippen LogP contribution in [0.2, 0.25) is 0 Å². The molecule has 1 aromatic carbocycles. The van der Waals surface area contributed by atoms with Crippen LogP contribution in [0.3, 0.4) is 0 Å². The molecule has 0 saturated carbocycles. The van der Waals surface area contributed by atoms with Gasteiger partial charge >= 0.3 is 0 Å². The van der Waals surface area contributed by atoms with E-state index >= 15 is 0 Å². The molecule has 0 aliphatic heterocycles. The molecule has 1 N–H and O–H groups in total. The number of hydrogen-bond acceptors (Lipinski definition) is 3. The normalized spacial score (nSPS) is 11.5. The molecule has 0 radical (unpaired) electrons. The van der Waals surface area contributed by atoms with Gasteiger partial charge in [0.25, 0.3) is 5.91 Å². The van der Waals surface area contributed by atoms with Gasteiger partial charge in [-0.3, -0.25) is 4.79 Å². The summed E-state index contributed by atoms with van der Waals surface area (Å²) in [7, 11) is 0. The van der Waals surface area contributed by atoms with E-state index < -0.39 is 0 Å². The molecule has 2 aromatic rings. The van der Waals surface area contributed by atoms with Crippen LogP contribution < -0.4 is 0 Å². The molecule has 1 amide bonds. The molecule has 1 heterocycles. The number of azo groups is 1. The Morgan fingerprint density at radius 1 is 1.24 bits per heavy atom. The van der Waals surface area contributed by atoms with Gasteiger partial charge in [0.1, 0.15) is 0 Å². The lowest BCUT2D eigenvalue weighted by Crippen LogP contribution is -1.96. The lowest BCUT2D eigenvalue weighted by atomic mass is 10.2. The number of nitrogens with zero attached hydrogens (tertiary/aromatic N) is 3. The molecule has 0 unspecified atom stereocenters. The Morgan fingerprint density at radius 3 is 2.71 bits per heavy atom. The predicted molar refractivity (Wildman–Crippen MR) is 82.9 cm³/mol. The lowest BCUT2D eigenvalue weighted by Gasteiger charge is -2.06. The second-order valence-corrected chi connectivity index (χ2v) is 5.12. The molecule has 0 bridgehead atoms. The Hall–Kier alpha value is -2.17. The largest absolute Gasteiger partial charge is 0.493 e. The van der Waals surface area contributed by atoms with Crippen molar-refractivity contribution in [3.8, 4) is 5.88 Å². The summed E-state index contributed by atoms with van der Waals surface area (Å²) in [5.41, 5.74) is 1.29. The Bertz CT molecular complexity index is 659. The second-order valence-electron chi connectivity index (χ2n) is 5.12. The molecule has 0 saturated heterocycles. The van der Waals surface area contributed by atoms with E-state index in [0.29, 0.717) is 5.69 Å². The summed E-state index contributed by atoms with van der Waals surface area (Å²) in [6.07, 6.45) is 4.50. The number of carbonyl (C=O) groups is 1. The third kappa shape index (κ3) is 3.48. The number of fused-ring (bicyclic) bond motifs is 1. The summed E-state index contributed by atoms with van der Waals surface area (Å²) in [6.45, 7) is 4.25. The van der Waals surface area contributed by atoms with Gasteiger partial charge in [-0.05, 0) is 12.5 Å². The fraction of sp³-hybridized carbons (Fsp3) is 0.438. The van der Waals surface area contributed by atoms with Gasteiger partial charge < -0.3 is 9.67 Å². The van der Waals surface area contributed by atoms with Gasteiger partial charge in [0.05, 0.1) is 5.52 Å². The van der Waals surface area contributed by atoms with Crippen molar-refractivity contribution in [2.75, 3.05) is 0 Å². The van der Waals surface area contributed by atoms with Crippen LogP contribution in [-0.4, -0.2) is 15.6 Å². The molecule has 0 atom stereocenters. The number of unbranched alkanes of at least 4 members (excludes halogenated alkanes) is 3. The molecule has 0 aliphatic rings. The molecule has 0 aliphatic carbocycles. The van der Waals surface area contributed by atoms with Crippen LogP contribution in [0.1, 0.15) is 39.5 Å². The number of hydrogen-bond donors (Lipinski definition) is 1. The van der Waals surface area contributed by atoms with Crippen LogP contribution in [0.5, 0.6) is 5.88 Å². The lowest BCUT2D eigenvalue weighted by molar-refractivity contribution is -0.116. The Morgan fingerprint density at radius 2 is 2.00 bits per heavy atom. The average Bonchev–Trinajstić information content (AvgIpc) is 2.74. The summed E-state index contributed by atoms with van der Waals surface area (Å²) in [6, 6.07) is 7.64. The van der Waals surface area contributed by atoms with E-state index in [1.54, 1.807) is 0 Å².